The number of nitrogens with one attached hydrogen (secondary N) is 1. The first-order valence-electron chi connectivity index (χ1n) is 5.45. The molecule has 0 aliphatic carbocycles. The largest absolute Gasteiger partial charge is 0.340 e. The van der Waals surface area contributed by atoms with Gasteiger partial charge in [0.2, 0.25) is 0 Å². The number of rotatable bonds is 5. The van der Waals surface area contributed by atoms with E-state index in [1.165, 1.54) is 22.3 Å². The molecule has 0 saturated heterocycles. The highest BCUT2D eigenvalue weighted by molar-refractivity contribution is 7.12. The third kappa shape index (κ3) is 2.54. The van der Waals surface area contributed by atoms with Gasteiger partial charge in [-0.05, 0) is 28.9 Å². The molecule has 2 aromatic rings. The maximum atomic E-state index is 12.3. The molecule has 0 radical (unpaired) electrons. The second kappa shape index (κ2) is 5.69. The van der Waals surface area contributed by atoms with Crippen LogP contribution in [0.25, 0.3) is 5.69 Å². The molecule has 0 saturated carbocycles. The highest BCUT2D eigenvalue weighted by Crippen LogP contribution is 2.21. The Bertz CT molecular complexity index is 508. The number of hydrogen-bond acceptors (Lipinski definition) is 6. The summed E-state index contributed by atoms with van der Waals surface area (Å²) in [6, 6.07) is 1.83. The second-order valence-corrected chi connectivity index (χ2v) is 4.64. The van der Waals surface area contributed by atoms with E-state index in [2.05, 4.69) is 20.8 Å². The highest BCUT2D eigenvalue weighted by atomic mass is 32.1. The fourth-order valence-corrected chi connectivity index (χ4v) is 2.34. The average Bonchev–Trinajstić information content (AvgIpc) is 3.03. The number of thiophene rings is 1. The molecule has 0 atom stereocenters. The minimum absolute atomic E-state index is 0.0225. The van der Waals surface area contributed by atoms with Crippen LogP contribution >= 0.6 is 11.3 Å². The van der Waals surface area contributed by atoms with Crippen molar-refractivity contribution >= 4 is 17.2 Å². The standard InChI is InChI=1S/C10H14N6OS/c1-11-4-5-15(2)10(17)9-8(3-6-18-9)16-7-12-13-14-16/h3,6-7,11H,4-5H2,1-2H3. The van der Waals surface area contributed by atoms with Gasteiger partial charge in [-0.2, -0.15) is 4.68 Å². The summed E-state index contributed by atoms with van der Waals surface area (Å²) < 4.78 is 1.50. The van der Waals surface area contributed by atoms with Crippen molar-refractivity contribution in [2.45, 2.75) is 0 Å². The van der Waals surface area contributed by atoms with Crippen molar-refractivity contribution < 1.29 is 4.79 Å². The third-order valence-electron chi connectivity index (χ3n) is 2.48. The molecule has 0 aliphatic rings. The molecule has 1 N–H and O–H groups in total. The fraction of sp³-hybridized carbons (Fsp3) is 0.400. The molecular weight excluding hydrogens is 252 g/mol. The van der Waals surface area contributed by atoms with Crippen LogP contribution in [0.2, 0.25) is 0 Å². The molecule has 1 amide bonds. The monoisotopic (exact) mass is 266 g/mol. The van der Waals surface area contributed by atoms with Crippen LogP contribution in [0.4, 0.5) is 0 Å². The maximum absolute atomic E-state index is 12.3. The summed E-state index contributed by atoms with van der Waals surface area (Å²) in [6.45, 7) is 1.41. The summed E-state index contributed by atoms with van der Waals surface area (Å²) >= 11 is 1.39. The number of hydrogen-bond donors (Lipinski definition) is 1. The van der Waals surface area contributed by atoms with E-state index >= 15 is 0 Å². The van der Waals surface area contributed by atoms with Crippen molar-refractivity contribution in [1.82, 2.24) is 30.4 Å². The lowest BCUT2D eigenvalue weighted by Crippen LogP contribution is -2.32. The Balaban J connectivity index is 2.19. The summed E-state index contributed by atoms with van der Waals surface area (Å²) in [5, 5.41) is 15.8. The van der Waals surface area contributed by atoms with Gasteiger partial charge in [0.1, 0.15) is 11.2 Å². The summed E-state index contributed by atoms with van der Waals surface area (Å²) in [7, 11) is 3.64. The van der Waals surface area contributed by atoms with Crippen LogP contribution in [0.1, 0.15) is 9.67 Å². The van der Waals surface area contributed by atoms with Crippen molar-refractivity contribution in [3.63, 3.8) is 0 Å². The Labute approximate surface area is 108 Å². The average molecular weight is 266 g/mol. The van der Waals surface area contributed by atoms with Gasteiger partial charge in [-0.25, -0.2) is 0 Å². The van der Waals surface area contributed by atoms with E-state index in [1.807, 2.05) is 18.5 Å². The van der Waals surface area contributed by atoms with Crippen LogP contribution in [0, 0.1) is 0 Å². The Morgan fingerprint density at radius 3 is 3.11 bits per heavy atom. The quantitative estimate of drug-likeness (QED) is 0.825. The minimum atomic E-state index is -0.0225. The minimum Gasteiger partial charge on any atom is -0.340 e. The van der Waals surface area contributed by atoms with Crippen LogP contribution in [0.3, 0.4) is 0 Å². The first-order chi connectivity index (χ1) is 8.74. The molecule has 0 unspecified atom stereocenters. The van der Waals surface area contributed by atoms with Gasteiger partial charge < -0.3 is 10.2 Å². The normalized spacial score (nSPS) is 10.6. The highest BCUT2D eigenvalue weighted by Gasteiger charge is 2.18. The predicted molar refractivity (Wildman–Crippen MR) is 67.9 cm³/mol. The predicted octanol–water partition coefficient (Wildman–Crippen LogP) is 0.0152. The van der Waals surface area contributed by atoms with Crippen LogP contribution in [-0.4, -0.2) is 58.2 Å². The van der Waals surface area contributed by atoms with Crippen molar-refractivity contribution in [2.24, 2.45) is 0 Å². The zero-order valence-corrected chi connectivity index (χ0v) is 11.0. The maximum Gasteiger partial charge on any atom is 0.265 e. The third-order valence-corrected chi connectivity index (χ3v) is 3.37. The summed E-state index contributed by atoms with van der Waals surface area (Å²) in [5.74, 6) is -0.0225. The molecule has 2 rings (SSSR count). The lowest BCUT2D eigenvalue weighted by molar-refractivity contribution is 0.0801. The van der Waals surface area contributed by atoms with E-state index in [4.69, 9.17) is 0 Å². The zero-order chi connectivity index (χ0) is 13.0. The first kappa shape index (κ1) is 12.7. The molecule has 7 nitrogen and oxygen atoms in total. The number of tetrazole rings is 1. The van der Waals surface area contributed by atoms with E-state index in [-0.39, 0.29) is 5.91 Å². The van der Waals surface area contributed by atoms with Crippen LogP contribution in [0.5, 0.6) is 0 Å². The number of amides is 1. The number of aromatic nitrogens is 4. The van der Waals surface area contributed by atoms with Crippen molar-refractivity contribution in [2.75, 3.05) is 27.2 Å². The van der Waals surface area contributed by atoms with Crippen LogP contribution < -0.4 is 5.32 Å². The van der Waals surface area contributed by atoms with Crippen molar-refractivity contribution in [3.8, 4) is 5.69 Å². The molecule has 0 spiro atoms. The van der Waals surface area contributed by atoms with Gasteiger partial charge in [0, 0.05) is 20.1 Å². The second-order valence-electron chi connectivity index (χ2n) is 3.72. The summed E-state index contributed by atoms with van der Waals surface area (Å²) in [4.78, 5) is 14.6. The number of likely N-dealkylation sites (N-methyl/N-ethyl adjacent to an activating group) is 2. The van der Waals surface area contributed by atoms with Crippen LogP contribution in [0.15, 0.2) is 17.8 Å². The molecular formula is C10H14N6OS. The van der Waals surface area contributed by atoms with Gasteiger partial charge in [0.25, 0.3) is 5.91 Å². The zero-order valence-electron chi connectivity index (χ0n) is 10.2. The lowest BCUT2D eigenvalue weighted by Gasteiger charge is -2.16. The smallest absolute Gasteiger partial charge is 0.265 e. The van der Waals surface area contributed by atoms with Gasteiger partial charge in [-0.3, -0.25) is 4.79 Å². The molecule has 96 valence electrons. The van der Waals surface area contributed by atoms with Crippen LogP contribution in [-0.2, 0) is 0 Å². The summed E-state index contributed by atoms with van der Waals surface area (Å²) in [5.41, 5.74) is 0.714. The molecule has 0 bridgehead atoms. The van der Waals surface area contributed by atoms with Gasteiger partial charge in [-0.15, -0.1) is 16.4 Å². The number of carbonyl (C=O) groups is 1. The molecule has 2 aromatic heterocycles. The summed E-state index contributed by atoms with van der Waals surface area (Å²) in [6.07, 6.45) is 1.48. The molecule has 0 aromatic carbocycles. The topological polar surface area (TPSA) is 75.9 Å². The lowest BCUT2D eigenvalue weighted by atomic mass is 10.3. The molecule has 18 heavy (non-hydrogen) atoms. The van der Waals surface area contributed by atoms with E-state index in [0.717, 1.165) is 6.54 Å². The number of nitrogens with zero attached hydrogens (tertiary/aromatic N) is 5. The Morgan fingerprint density at radius 2 is 2.44 bits per heavy atom. The molecule has 0 aliphatic heterocycles. The van der Waals surface area contributed by atoms with E-state index < -0.39 is 0 Å². The molecule has 0 fully saturated rings. The van der Waals surface area contributed by atoms with Gasteiger partial charge in [0.15, 0.2) is 0 Å². The number of carbonyl (C=O) groups excluding carboxylic acids is 1. The van der Waals surface area contributed by atoms with Crippen molar-refractivity contribution in [3.05, 3.63) is 22.7 Å². The van der Waals surface area contributed by atoms with Gasteiger partial charge in [-0.1, -0.05) is 0 Å². The Morgan fingerprint density at radius 1 is 1.61 bits per heavy atom. The molecule has 8 heteroatoms. The van der Waals surface area contributed by atoms with E-state index in [9.17, 15) is 4.79 Å². The van der Waals surface area contributed by atoms with Crippen molar-refractivity contribution in [1.29, 1.82) is 0 Å². The van der Waals surface area contributed by atoms with E-state index in [0.29, 0.717) is 17.1 Å². The van der Waals surface area contributed by atoms with Gasteiger partial charge >= 0.3 is 0 Å². The Kier molecular flexibility index (Phi) is 4.00. The van der Waals surface area contributed by atoms with E-state index in [1.54, 1.807) is 11.9 Å². The Hall–Kier alpha value is -1.80. The molecule has 2 heterocycles. The van der Waals surface area contributed by atoms with Gasteiger partial charge in [0.05, 0.1) is 5.69 Å². The first-order valence-corrected chi connectivity index (χ1v) is 6.33. The fourth-order valence-electron chi connectivity index (χ4n) is 1.47. The SMILES string of the molecule is CNCCN(C)C(=O)c1sccc1-n1cnnn1.